The number of hydrogen-bond donors (Lipinski definition) is 1. The van der Waals surface area contributed by atoms with E-state index in [1.807, 2.05) is 0 Å². The van der Waals surface area contributed by atoms with Crippen LogP contribution in [0.25, 0.3) is 11.0 Å². The van der Waals surface area contributed by atoms with Crippen LogP contribution in [0.15, 0.2) is 24.3 Å². The van der Waals surface area contributed by atoms with Gasteiger partial charge in [0.05, 0.1) is 11.0 Å². The first-order valence-corrected chi connectivity index (χ1v) is 6.71. The van der Waals surface area contributed by atoms with Gasteiger partial charge in [0, 0.05) is 20.3 Å². The Balaban J connectivity index is 2.20. The van der Waals surface area contributed by atoms with Gasteiger partial charge in [0.25, 0.3) is 0 Å². The van der Waals surface area contributed by atoms with E-state index in [9.17, 15) is 18.0 Å². The van der Waals surface area contributed by atoms with Gasteiger partial charge < -0.3 is 14.6 Å². The summed E-state index contributed by atoms with van der Waals surface area (Å²) in [6.45, 7) is 0.394. The highest BCUT2D eigenvalue weighted by Crippen LogP contribution is 2.31. The minimum atomic E-state index is -4.62. The molecular formula is C14H16F3N3O2. The Kier molecular flexibility index (Phi) is 5.02. The van der Waals surface area contributed by atoms with Gasteiger partial charge in [0.2, 0.25) is 11.7 Å². The second kappa shape index (κ2) is 6.78. The maximum atomic E-state index is 13.1. The minimum absolute atomic E-state index is 0.210. The van der Waals surface area contributed by atoms with E-state index in [-0.39, 0.29) is 11.0 Å². The second-order valence-electron chi connectivity index (χ2n) is 4.70. The summed E-state index contributed by atoms with van der Waals surface area (Å²) < 4.78 is 44.9. The summed E-state index contributed by atoms with van der Waals surface area (Å²) in [6.07, 6.45) is -4.02. The van der Waals surface area contributed by atoms with Crippen LogP contribution in [0, 0.1) is 0 Å². The van der Waals surface area contributed by atoms with Crippen molar-refractivity contribution < 1.29 is 22.7 Å². The fourth-order valence-corrected chi connectivity index (χ4v) is 2.10. The van der Waals surface area contributed by atoms with Crippen molar-refractivity contribution in [3.8, 4) is 0 Å². The first kappa shape index (κ1) is 16.3. The van der Waals surface area contributed by atoms with Crippen LogP contribution >= 0.6 is 0 Å². The molecule has 5 nitrogen and oxygen atoms in total. The molecule has 0 saturated heterocycles. The Bertz CT molecular complexity index is 652. The van der Waals surface area contributed by atoms with Gasteiger partial charge in [-0.15, -0.1) is 0 Å². The Hall–Kier alpha value is -2.09. The van der Waals surface area contributed by atoms with Crippen LogP contribution in [-0.4, -0.2) is 35.7 Å². The first-order valence-electron chi connectivity index (χ1n) is 6.71. The zero-order valence-electron chi connectivity index (χ0n) is 12.0. The van der Waals surface area contributed by atoms with Crippen LogP contribution < -0.4 is 5.32 Å². The number of aromatic nitrogens is 2. The molecule has 1 amide bonds. The molecule has 22 heavy (non-hydrogen) atoms. The Labute approximate surface area is 125 Å². The Morgan fingerprint density at radius 2 is 2.09 bits per heavy atom. The van der Waals surface area contributed by atoms with Crippen LogP contribution in [0.1, 0.15) is 12.2 Å². The lowest BCUT2D eigenvalue weighted by Gasteiger charge is -2.11. The van der Waals surface area contributed by atoms with Crippen LogP contribution in [0.2, 0.25) is 0 Å². The number of fused-ring (bicyclic) bond motifs is 1. The van der Waals surface area contributed by atoms with Gasteiger partial charge in [-0.05, 0) is 18.6 Å². The normalized spacial score (nSPS) is 11.8. The third kappa shape index (κ3) is 3.76. The lowest BCUT2D eigenvalue weighted by molar-refractivity contribution is -0.147. The van der Waals surface area contributed by atoms with E-state index in [1.165, 1.54) is 19.2 Å². The highest BCUT2D eigenvalue weighted by Gasteiger charge is 2.37. The van der Waals surface area contributed by atoms with Crippen molar-refractivity contribution in [2.45, 2.75) is 19.1 Å². The van der Waals surface area contributed by atoms with Crippen LogP contribution in [0.5, 0.6) is 0 Å². The molecule has 0 aliphatic carbocycles. The van der Waals surface area contributed by atoms with E-state index in [4.69, 9.17) is 4.74 Å². The number of carbonyl (C=O) groups is 1. The van der Waals surface area contributed by atoms with Gasteiger partial charge in [-0.25, -0.2) is 4.98 Å². The largest absolute Gasteiger partial charge is 0.449 e. The number of nitrogens with one attached hydrogen (secondary N) is 1. The number of nitrogens with zero attached hydrogens (tertiary/aromatic N) is 2. The summed E-state index contributed by atoms with van der Waals surface area (Å²) in [5.74, 6) is -1.56. The number of rotatable bonds is 6. The summed E-state index contributed by atoms with van der Waals surface area (Å²) in [7, 11) is 1.54. The molecule has 1 heterocycles. The van der Waals surface area contributed by atoms with Gasteiger partial charge in [-0.1, -0.05) is 12.1 Å². The smallest absolute Gasteiger partial charge is 0.385 e. The van der Waals surface area contributed by atoms with Gasteiger partial charge in [0.15, 0.2) is 0 Å². The molecule has 1 N–H and O–H groups in total. The van der Waals surface area contributed by atoms with E-state index >= 15 is 0 Å². The fraction of sp³-hybridized carbons (Fsp3) is 0.429. The van der Waals surface area contributed by atoms with Crippen molar-refractivity contribution in [1.82, 2.24) is 14.9 Å². The molecule has 2 rings (SSSR count). The summed E-state index contributed by atoms with van der Waals surface area (Å²) in [6, 6.07) is 6.20. The van der Waals surface area contributed by atoms with E-state index < -0.39 is 24.5 Å². The van der Waals surface area contributed by atoms with E-state index in [0.29, 0.717) is 19.6 Å². The number of halogens is 3. The molecule has 2 aromatic rings. The molecule has 0 radical (unpaired) electrons. The first-order chi connectivity index (χ1) is 10.4. The molecule has 0 bridgehead atoms. The topological polar surface area (TPSA) is 56.1 Å². The number of imidazole rings is 1. The zero-order chi connectivity index (χ0) is 16.2. The Morgan fingerprint density at radius 3 is 2.77 bits per heavy atom. The summed E-state index contributed by atoms with van der Waals surface area (Å²) in [5.41, 5.74) is 0.490. The average Bonchev–Trinajstić information content (AvgIpc) is 2.83. The molecule has 0 aliphatic heterocycles. The van der Waals surface area contributed by atoms with Crippen molar-refractivity contribution in [3.63, 3.8) is 0 Å². The van der Waals surface area contributed by atoms with Gasteiger partial charge in [0.1, 0.15) is 6.54 Å². The number of methoxy groups -OCH3 is 1. The molecule has 0 aliphatic rings. The molecule has 120 valence electrons. The lowest BCUT2D eigenvalue weighted by Crippen LogP contribution is -2.30. The number of amides is 1. The molecular weight excluding hydrogens is 299 g/mol. The van der Waals surface area contributed by atoms with Gasteiger partial charge in [-0.3, -0.25) is 4.79 Å². The molecule has 1 aromatic carbocycles. The second-order valence-corrected chi connectivity index (χ2v) is 4.70. The molecule has 0 fully saturated rings. The summed E-state index contributed by atoms with van der Waals surface area (Å²) in [4.78, 5) is 15.4. The van der Waals surface area contributed by atoms with Gasteiger partial charge in [-0.2, -0.15) is 13.2 Å². The highest BCUT2D eigenvalue weighted by atomic mass is 19.4. The standard InChI is InChI=1S/C14H16F3N3O2/c1-22-8-4-7-18-12(21)9-20-11-6-3-2-5-10(11)19-13(20)14(15,16)17/h2-3,5-6H,4,7-9H2,1H3,(H,18,21). The maximum Gasteiger partial charge on any atom is 0.449 e. The predicted molar refractivity (Wildman–Crippen MR) is 74.2 cm³/mol. The number of hydrogen-bond acceptors (Lipinski definition) is 3. The lowest BCUT2D eigenvalue weighted by atomic mass is 10.3. The molecule has 0 atom stereocenters. The number of alkyl halides is 3. The average molecular weight is 315 g/mol. The molecule has 1 aromatic heterocycles. The maximum absolute atomic E-state index is 13.1. The van der Waals surface area contributed by atoms with Gasteiger partial charge >= 0.3 is 6.18 Å². The summed E-state index contributed by atoms with van der Waals surface area (Å²) >= 11 is 0. The third-order valence-electron chi connectivity index (χ3n) is 3.06. The number of benzene rings is 1. The summed E-state index contributed by atoms with van der Waals surface area (Å²) in [5, 5.41) is 2.56. The van der Waals surface area contributed by atoms with Crippen molar-refractivity contribution in [1.29, 1.82) is 0 Å². The van der Waals surface area contributed by atoms with Crippen molar-refractivity contribution in [2.24, 2.45) is 0 Å². The third-order valence-corrected chi connectivity index (χ3v) is 3.06. The number of carbonyl (C=O) groups excluding carboxylic acids is 1. The monoisotopic (exact) mass is 315 g/mol. The quantitative estimate of drug-likeness (QED) is 0.832. The van der Waals surface area contributed by atoms with Crippen LogP contribution in [-0.2, 0) is 22.3 Å². The van der Waals surface area contributed by atoms with Crippen molar-refractivity contribution in [3.05, 3.63) is 30.1 Å². The highest BCUT2D eigenvalue weighted by molar-refractivity contribution is 5.81. The van der Waals surface area contributed by atoms with E-state index in [2.05, 4.69) is 10.3 Å². The van der Waals surface area contributed by atoms with Crippen LogP contribution in [0.3, 0.4) is 0 Å². The molecule has 8 heteroatoms. The van der Waals surface area contributed by atoms with E-state index in [1.54, 1.807) is 12.1 Å². The molecule has 0 spiro atoms. The molecule has 0 saturated carbocycles. The number of ether oxygens (including phenoxy) is 1. The predicted octanol–water partition coefficient (Wildman–Crippen LogP) is 2.21. The Morgan fingerprint density at radius 1 is 1.36 bits per heavy atom. The van der Waals surface area contributed by atoms with Crippen LogP contribution in [0.4, 0.5) is 13.2 Å². The van der Waals surface area contributed by atoms with Crippen molar-refractivity contribution in [2.75, 3.05) is 20.3 Å². The van der Waals surface area contributed by atoms with Crippen molar-refractivity contribution >= 4 is 16.9 Å². The number of para-hydroxylation sites is 2. The van der Waals surface area contributed by atoms with E-state index in [0.717, 1.165) is 4.57 Å². The zero-order valence-corrected chi connectivity index (χ0v) is 12.0. The molecule has 0 unspecified atom stereocenters. The minimum Gasteiger partial charge on any atom is -0.385 e. The SMILES string of the molecule is COCCCNC(=O)Cn1c(C(F)(F)F)nc2ccccc21. The fourth-order valence-electron chi connectivity index (χ4n) is 2.10.